The third-order valence-corrected chi connectivity index (χ3v) is 4.39. The van der Waals surface area contributed by atoms with Gasteiger partial charge in [-0.3, -0.25) is 9.79 Å². The Balaban J connectivity index is 2.15. The molecule has 0 aromatic heterocycles. The summed E-state index contributed by atoms with van der Waals surface area (Å²) in [6.45, 7) is 3.88. The van der Waals surface area contributed by atoms with Gasteiger partial charge in [0.15, 0.2) is 0 Å². The van der Waals surface area contributed by atoms with E-state index in [0.29, 0.717) is 24.4 Å². The lowest BCUT2D eigenvalue weighted by Crippen LogP contribution is -2.28. The maximum atomic E-state index is 12.3. The first-order valence-corrected chi connectivity index (χ1v) is 8.35. The highest BCUT2D eigenvalue weighted by Crippen LogP contribution is 2.26. The van der Waals surface area contributed by atoms with Gasteiger partial charge in [-0.1, -0.05) is 13.3 Å². The number of nitrogen functional groups attached to an aromatic ring is 1. The van der Waals surface area contributed by atoms with Crippen molar-refractivity contribution in [3.63, 3.8) is 0 Å². The van der Waals surface area contributed by atoms with Gasteiger partial charge >= 0.3 is 0 Å². The zero-order valence-corrected chi connectivity index (χ0v) is 14.1. The topological polar surface area (TPSA) is 76.7 Å². The molecule has 1 fully saturated rings. The molecule has 1 aliphatic rings. The fraction of sp³-hybridized carbons (Fsp3) is 0.556. The zero-order valence-electron chi connectivity index (χ0n) is 14.1. The third-order valence-electron chi connectivity index (χ3n) is 4.39. The van der Waals surface area contributed by atoms with E-state index in [2.05, 4.69) is 10.3 Å². The van der Waals surface area contributed by atoms with E-state index in [1.807, 2.05) is 13.1 Å². The van der Waals surface area contributed by atoms with Crippen LogP contribution in [-0.4, -0.2) is 38.9 Å². The molecule has 1 aromatic rings. The molecule has 0 bridgehead atoms. The summed E-state index contributed by atoms with van der Waals surface area (Å²) in [6.07, 6.45) is 6.45. The molecule has 23 heavy (non-hydrogen) atoms. The molecular weight excluding hydrogens is 290 g/mol. The van der Waals surface area contributed by atoms with Crippen molar-refractivity contribution in [1.82, 2.24) is 5.32 Å². The minimum absolute atomic E-state index is 0.0902. The van der Waals surface area contributed by atoms with Crippen LogP contribution in [0.4, 0.5) is 5.69 Å². The van der Waals surface area contributed by atoms with E-state index in [1.165, 1.54) is 19.3 Å². The fourth-order valence-electron chi connectivity index (χ4n) is 2.76. The number of hydrogen-bond donors (Lipinski definition) is 2. The number of amides is 1. The van der Waals surface area contributed by atoms with E-state index in [-0.39, 0.29) is 5.91 Å². The first-order valence-electron chi connectivity index (χ1n) is 8.35. The Morgan fingerprint density at radius 1 is 1.48 bits per heavy atom. The van der Waals surface area contributed by atoms with E-state index in [0.717, 1.165) is 30.0 Å². The maximum absolute atomic E-state index is 12.3. The van der Waals surface area contributed by atoms with E-state index < -0.39 is 0 Å². The predicted molar refractivity (Wildman–Crippen MR) is 94.2 cm³/mol. The minimum atomic E-state index is -0.0902. The Hall–Kier alpha value is -1.88. The van der Waals surface area contributed by atoms with Gasteiger partial charge < -0.3 is 15.8 Å². The van der Waals surface area contributed by atoms with Gasteiger partial charge in [-0.2, -0.15) is 0 Å². The number of nitrogens with one attached hydrogen (secondary N) is 1. The Morgan fingerprint density at radius 3 is 2.87 bits per heavy atom. The van der Waals surface area contributed by atoms with Crippen molar-refractivity contribution in [2.45, 2.75) is 32.6 Å². The van der Waals surface area contributed by atoms with Crippen LogP contribution >= 0.6 is 0 Å². The van der Waals surface area contributed by atoms with Crippen LogP contribution in [0.3, 0.4) is 0 Å². The van der Waals surface area contributed by atoms with E-state index in [9.17, 15) is 4.79 Å². The van der Waals surface area contributed by atoms with Gasteiger partial charge in [-0.05, 0) is 42.9 Å². The van der Waals surface area contributed by atoms with Gasteiger partial charge in [0.1, 0.15) is 0 Å². The summed E-state index contributed by atoms with van der Waals surface area (Å²) in [4.78, 5) is 16.9. The summed E-state index contributed by atoms with van der Waals surface area (Å²) in [5, 5.41) is 2.86. The van der Waals surface area contributed by atoms with Gasteiger partial charge in [0.2, 0.25) is 0 Å². The molecule has 5 heteroatoms. The molecular formula is C18H27N3O2. The first-order chi connectivity index (χ1) is 11.2. The molecule has 1 saturated carbocycles. The van der Waals surface area contributed by atoms with Crippen LogP contribution in [0.1, 0.15) is 47.7 Å². The van der Waals surface area contributed by atoms with Crippen molar-refractivity contribution < 1.29 is 9.53 Å². The van der Waals surface area contributed by atoms with Gasteiger partial charge in [0, 0.05) is 43.2 Å². The summed E-state index contributed by atoms with van der Waals surface area (Å²) >= 11 is 0. The number of aliphatic imine (C=N–C) groups is 1. The second-order valence-corrected chi connectivity index (χ2v) is 5.99. The Labute approximate surface area is 138 Å². The average molecular weight is 317 g/mol. The molecule has 2 rings (SSSR count). The van der Waals surface area contributed by atoms with Gasteiger partial charge in [0.05, 0.1) is 6.61 Å². The van der Waals surface area contributed by atoms with Crippen molar-refractivity contribution in [1.29, 1.82) is 0 Å². The summed E-state index contributed by atoms with van der Waals surface area (Å²) in [7, 11) is 1.61. The molecule has 0 aliphatic heterocycles. The van der Waals surface area contributed by atoms with Gasteiger partial charge in [0.25, 0.3) is 5.91 Å². The molecule has 0 atom stereocenters. The van der Waals surface area contributed by atoms with Crippen molar-refractivity contribution in [2.24, 2.45) is 10.9 Å². The van der Waals surface area contributed by atoms with Crippen LogP contribution in [0.5, 0.6) is 0 Å². The Kier molecular flexibility index (Phi) is 6.59. The zero-order chi connectivity index (χ0) is 16.7. The van der Waals surface area contributed by atoms with E-state index >= 15 is 0 Å². The smallest absolute Gasteiger partial charge is 0.251 e. The normalized spacial score (nSPS) is 14.9. The SMILES string of the molecule is CCc1c(C(=O)NCCOC)ccc(N)c1C=NCC1CCC1. The second-order valence-electron chi connectivity index (χ2n) is 5.99. The lowest BCUT2D eigenvalue weighted by molar-refractivity contribution is 0.0936. The molecule has 0 heterocycles. The van der Waals surface area contributed by atoms with Gasteiger partial charge in [-0.15, -0.1) is 0 Å². The third kappa shape index (κ3) is 4.55. The highest BCUT2D eigenvalue weighted by Gasteiger charge is 2.17. The maximum Gasteiger partial charge on any atom is 0.251 e. The summed E-state index contributed by atoms with van der Waals surface area (Å²) in [6, 6.07) is 3.58. The van der Waals surface area contributed by atoms with Crippen LogP contribution in [-0.2, 0) is 11.2 Å². The number of methoxy groups -OCH3 is 1. The van der Waals surface area contributed by atoms with Crippen LogP contribution in [0, 0.1) is 5.92 Å². The molecule has 0 saturated heterocycles. The number of benzene rings is 1. The Bertz CT molecular complexity index is 566. The van der Waals surface area contributed by atoms with E-state index in [4.69, 9.17) is 10.5 Å². The number of carbonyl (C=O) groups is 1. The minimum Gasteiger partial charge on any atom is -0.398 e. The molecule has 1 amide bonds. The number of ether oxygens (including phenoxy) is 1. The van der Waals surface area contributed by atoms with Crippen LogP contribution in [0.25, 0.3) is 0 Å². The molecule has 0 radical (unpaired) electrons. The fourth-order valence-corrected chi connectivity index (χ4v) is 2.76. The van der Waals surface area contributed by atoms with Crippen LogP contribution in [0.15, 0.2) is 17.1 Å². The highest BCUT2D eigenvalue weighted by molar-refractivity contribution is 6.00. The molecule has 0 unspecified atom stereocenters. The molecule has 126 valence electrons. The monoisotopic (exact) mass is 317 g/mol. The summed E-state index contributed by atoms with van der Waals surface area (Å²) in [5.41, 5.74) is 9.29. The van der Waals surface area contributed by atoms with Crippen molar-refractivity contribution >= 4 is 17.8 Å². The number of nitrogens with zero attached hydrogens (tertiary/aromatic N) is 1. The summed E-state index contributed by atoms with van der Waals surface area (Å²) < 4.78 is 4.96. The van der Waals surface area contributed by atoms with Gasteiger partial charge in [-0.25, -0.2) is 0 Å². The molecule has 1 aliphatic carbocycles. The van der Waals surface area contributed by atoms with Crippen molar-refractivity contribution in [3.8, 4) is 0 Å². The number of rotatable bonds is 8. The Morgan fingerprint density at radius 2 is 2.26 bits per heavy atom. The first kappa shape index (κ1) is 17.5. The highest BCUT2D eigenvalue weighted by atomic mass is 16.5. The van der Waals surface area contributed by atoms with Crippen LogP contribution < -0.4 is 11.1 Å². The summed E-state index contributed by atoms with van der Waals surface area (Å²) in [5.74, 6) is 0.630. The standard InChI is InChI=1S/C18H27N3O2/c1-3-14-15(18(22)21-9-10-23-2)7-8-17(19)16(14)12-20-11-13-5-4-6-13/h7-8,12-13H,3-6,9-11,19H2,1-2H3,(H,21,22). The number of nitrogens with two attached hydrogens (primary N) is 1. The molecule has 3 N–H and O–H groups in total. The van der Waals surface area contributed by atoms with Crippen molar-refractivity contribution in [3.05, 3.63) is 28.8 Å². The van der Waals surface area contributed by atoms with Crippen LogP contribution in [0.2, 0.25) is 0 Å². The predicted octanol–water partition coefficient (Wildman–Crippen LogP) is 2.43. The quantitative estimate of drug-likeness (QED) is 0.439. The largest absolute Gasteiger partial charge is 0.398 e. The number of anilines is 1. The van der Waals surface area contributed by atoms with Crippen molar-refractivity contribution in [2.75, 3.05) is 32.5 Å². The number of hydrogen-bond acceptors (Lipinski definition) is 4. The molecule has 0 spiro atoms. The average Bonchev–Trinajstić information content (AvgIpc) is 2.50. The lowest BCUT2D eigenvalue weighted by Gasteiger charge is -2.23. The number of carbonyl (C=O) groups excluding carboxylic acids is 1. The second kappa shape index (κ2) is 8.67. The molecule has 5 nitrogen and oxygen atoms in total. The molecule has 1 aromatic carbocycles. The lowest BCUT2D eigenvalue weighted by atomic mass is 9.86. The van der Waals surface area contributed by atoms with E-state index in [1.54, 1.807) is 19.2 Å².